The zero-order valence-corrected chi connectivity index (χ0v) is 25.5. The molecule has 4 aromatic rings. The number of nitrogens with one attached hydrogen (secondary N) is 1. The van der Waals surface area contributed by atoms with Crippen LogP contribution in [0.5, 0.6) is 0 Å². The van der Waals surface area contributed by atoms with Gasteiger partial charge in [-0.1, -0.05) is 61.7 Å². The summed E-state index contributed by atoms with van der Waals surface area (Å²) in [7, 11) is 0. The molecule has 1 N–H and O–H groups in total. The Morgan fingerprint density at radius 1 is 0.932 bits per heavy atom. The van der Waals surface area contributed by atoms with Crippen molar-refractivity contribution in [3.05, 3.63) is 46.4 Å². The number of anilines is 2. The highest BCUT2D eigenvalue weighted by atomic mass is 16.5. The molecule has 0 amide bonds. The Morgan fingerprint density at radius 3 is 2.52 bits per heavy atom. The number of benzene rings is 1. The maximum Gasteiger partial charge on any atom is 0.439 e. The number of rotatable bonds is 7. The molecule has 2 saturated heterocycles. The van der Waals surface area contributed by atoms with Crippen LogP contribution in [0.4, 0.5) is 11.8 Å². The SMILES string of the molecule is C[C@H]1CC[C@H](Cn2c(N3CCOC[C@H]3c3ccccc3)nc3nc(-c4noc(=O)[nH]4)nc(N4CCCC4C4CCC4)c32)CC1. The number of hydrogen-bond acceptors (Lipinski definition) is 9. The summed E-state index contributed by atoms with van der Waals surface area (Å²) in [6.07, 6.45) is 11.1. The third-order valence-electron chi connectivity index (χ3n) is 10.6. The third kappa shape index (κ3) is 5.08. The molecule has 2 aliphatic carbocycles. The van der Waals surface area contributed by atoms with Gasteiger partial charge in [0.05, 0.1) is 19.3 Å². The van der Waals surface area contributed by atoms with E-state index in [0.29, 0.717) is 42.6 Å². The van der Waals surface area contributed by atoms with E-state index in [1.807, 2.05) is 0 Å². The van der Waals surface area contributed by atoms with Crippen LogP contribution in [0.3, 0.4) is 0 Å². The molecule has 1 unspecified atom stereocenters. The van der Waals surface area contributed by atoms with Crippen molar-refractivity contribution in [2.24, 2.45) is 17.8 Å². The lowest BCUT2D eigenvalue weighted by molar-refractivity contribution is 0.0927. The zero-order chi connectivity index (χ0) is 29.6. The van der Waals surface area contributed by atoms with Crippen LogP contribution in [-0.2, 0) is 11.3 Å². The molecule has 3 aromatic heterocycles. The average Bonchev–Trinajstić information content (AvgIpc) is 3.77. The van der Waals surface area contributed by atoms with E-state index in [1.54, 1.807) is 0 Å². The van der Waals surface area contributed by atoms with Gasteiger partial charge < -0.3 is 19.1 Å². The van der Waals surface area contributed by atoms with Crippen LogP contribution in [0.15, 0.2) is 39.6 Å². The summed E-state index contributed by atoms with van der Waals surface area (Å²) in [6, 6.07) is 11.1. The number of H-pyrrole nitrogens is 1. The molecule has 4 fully saturated rings. The fraction of sp³-hybridized carbons (Fsp3) is 0.606. The highest BCUT2D eigenvalue weighted by Crippen LogP contribution is 2.43. The van der Waals surface area contributed by atoms with Crippen molar-refractivity contribution >= 4 is 22.9 Å². The average molecular weight is 599 g/mol. The summed E-state index contributed by atoms with van der Waals surface area (Å²) < 4.78 is 13.4. The van der Waals surface area contributed by atoms with E-state index in [4.69, 9.17) is 24.2 Å². The number of hydrogen-bond donors (Lipinski definition) is 1. The van der Waals surface area contributed by atoms with Crippen LogP contribution in [0.1, 0.15) is 76.3 Å². The van der Waals surface area contributed by atoms with Gasteiger partial charge in [-0.2, -0.15) is 4.98 Å². The monoisotopic (exact) mass is 598 g/mol. The fourth-order valence-electron chi connectivity index (χ4n) is 7.96. The highest BCUT2D eigenvalue weighted by molar-refractivity contribution is 5.88. The molecule has 1 aromatic carbocycles. The summed E-state index contributed by atoms with van der Waals surface area (Å²) in [5.74, 6) is 3.85. The molecule has 2 aliphatic heterocycles. The maximum atomic E-state index is 11.9. The van der Waals surface area contributed by atoms with Crippen molar-refractivity contribution in [3.63, 3.8) is 0 Å². The number of morpholine rings is 1. The van der Waals surface area contributed by atoms with E-state index in [2.05, 4.69) is 61.8 Å². The van der Waals surface area contributed by atoms with Crippen LogP contribution in [-0.4, -0.2) is 62.0 Å². The van der Waals surface area contributed by atoms with Gasteiger partial charge in [0.25, 0.3) is 0 Å². The number of nitrogens with zero attached hydrogens (tertiary/aromatic N) is 7. The molecule has 2 saturated carbocycles. The smallest absolute Gasteiger partial charge is 0.377 e. The summed E-state index contributed by atoms with van der Waals surface area (Å²) in [5, 5.41) is 3.97. The first kappa shape index (κ1) is 27.8. The van der Waals surface area contributed by atoms with Crippen LogP contribution >= 0.6 is 0 Å². The molecule has 232 valence electrons. The lowest BCUT2D eigenvalue weighted by Gasteiger charge is -2.38. The van der Waals surface area contributed by atoms with Gasteiger partial charge in [-0.25, -0.2) is 14.8 Å². The minimum absolute atomic E-state index is 0.0455. The quantitative estimate of drug-likeness (QED) is 0.301. The standard InChI is InChI=1S/C33H42N8O3/c1-21-12-14-22(15-13-21)19-41-27-28(36-32(41)40-17-18-43-20-26(40)24-7-3-2-4-8-24)34-29(30-37-33(42)44-38-30)35-31(27)39-16-6-11-25(39)23-9-5-10-23/h2-4,7-8,21-23,25-26H,5-6,9-20H2,1H3,(H,37,38,42)/t21-,22-,25?,26-/m0/s1. The van der Waals surface area contributed by atoms with Crippen LogP contribution < -0.4 is 15.6 Å². The Bertz CT molecular complexity index is 1650. The van der Waals surface area contributed by atoms with Crippen LogP contribution in [0.2, 0.25) is 0 Å². The Kier molecular flexibility index (Phi) is 7.36. The molecule has 2 atom stereocenters. The predicted molar refractivity (Wildman–Crippen MR) is 168 cm³/mol. The van der Waals surface area contributed by atoms with Gasteiger partial charge in [0.15, 0.2) is 11.5 Å². The molecule has 4 aliphatic rings. The van der Waals surface area contributed by atoms with Crippen molar-refractivity contribution in [1.29, 1.82) is 0 Å². The first-order valence-corrected chi connectivity index (χ1v) is 16.6. The van der Waals surface area contributed by atoms with Crippen molar-refractivity contribution < 1.29 is 9.26 Å². The third-order valence-corrected chi connectivity index (χ3v) is 10.6. The van der Waals surface area contributed by atoms with Gasteiger partial charge in [0.1, 0.15) is 5.52 Å². The second kappa shape index (κ2) is 11.6. The molecule has 11 nitrogen and oxygen atoms in total. The number of aromatic nitrogens is 6. The van der Waals surface area contributed by atoms with E-state index in [1.165, 1.54) is 56.9 Å². The van der Waals surface area contributed by atoms with Gasteiger partial charge in [0.2, 0.25) is 17.6 Å². The summed E-state index contributed by atoms with van der Waals surface area (Å²) in [4.78, 5) is 35.0. The van der Waals surface area contributed by atoms with Crippen molar-refractivity contribution in [2.45, 2.75) is 83.3 Å². The van der Waals surface area contributed by atoms with E-state index in [-0.39, 0.29) is 11.9 Å². The van der Waals surface area contributed by atoms with Gasteiger partial charge in [-0.15, -0.1) is 0 Å². The zero-order valence-electron chi connectivity index (χ0n) is 25.5. The molecule has 44 heavy (non-hydrogen) atoms. The van der Waals surface area contributed by atoms with Gasteiger partial charge in [-0.05, 0) is 61.8 Å². The molecular formula is C33H42N8O3. The maximum absolute atomic E-state index is 11.9. The molecule has 0 radical (unpaired) electrons. The number of ether oxygens (including phenoxy) is 1. The van der Waals surface area contributed by atoms with Crippen molar-refractivity contribution in [1.82, 2.24) is 29.7 Å². The second-order valence-corrected chi connectivity index (χ2v) is 13.4. The van der Waals surface area contributed by atoms with Crippen LogP contribution in [0, 0.1) is 17.8 Å². The van der Waals surface area contributed by atoms with E-state index in [9.17, 15) is 4.79 Å². The largest absolute Gasteiger partial charge is 0.439 e. The lowest BCUT2D eigenvalue weighted by atomic mass is 9.79. The normalized spacial score (nSPS) is 26.4. The number of aromatic amines is 1. The Balaban J connectivity index is 1.31. The Morgan fingerprint density at radius 2 is 1.77 bits per heavy atom. The van der Waals surface area contributed by atoms with Gasteiger partial charge >= 0.3 is 5.76 Å². The Hall–Kier alpha value is -3.73. The first-order chi connectivity index (χ1) is 21.6. The molecule has 11 heteroatoms. The van der Waals surface area contributed by atoms with E-state index < -0.39 is 5.76 Å². The summed E-state index contributed by atoms with van der Waals surface area (Å²) in [6.45, 7) is 6.21. The fourth-order valence-corrected chi connectivity index (χ4v) is 7.96. The van der Waals surface area contributed by atoms with E-state index in [0.717, 1.165) is 49.3 Å². The molecule has 8 rings (SSSR count). The molecule has 0 bridgehead atoms. The molecular weight excluding hydrogens is 556 g/mol. The lowest BCUT2D eigenvalue weighted by Crippen LogP contribution is -2.41. The van der Waals surface area contributed by atoms with Crippen molar-refractivity contribution in [2.75, 3.05) is 36.1 Å². The minimum Gasteiger partial charge on any atom is -0.377 e. The topological polar surface area (TPSA) is 118 Å². The van der Waals surface area contributed by atoms with Gasteiger partial charge in [-0.3, -0.25) is 9.51 Å². The highest BCUT2D eigenvalue weighted by Gasteiger charge is 2.39. The van der Waals surface area contributed by atoms with Crippen LogP contribution in [0.25, 0.3) is 22.8 Å². The molecule has 0 spiro atoms. The summed E-state index contributed by atoms with van der Waals surface area (Å²) in [5.41, 5.74) is 2.86. The van der Waals surface area contributed by atoms with E-state index >= 15 is 0 Å². The molecule has 5 heterocycles. The minimum atomic E-state index is -0.615. The van der Waals surface area contributed by atoms with Gasteiger partial charge in [0, 0.05) is 25.7 Å². The number of fused-ring (bicyclic) bond motifs is 1. The first-order valence-electron chi connectivity index (χ1n) is 16.6. The van der Waals surface area contributed by atoms with Crippen molar-refractivity contribution in [3.8, 4) is 11.6 Å². The Labute approximate surface area is 257 Å². The predicted octanol–water partition coefficient (Wildman–Crippen LogP) is 5.34. The number of imidazole rings is 1. The second-order valence-electron chi connectivity index (χ2n) is 13.4. The summed E-state index contributed by atoms with van der Waals surface area (Å²) >= 11 is 0.